The summed E-state index contributed by atoms with van der Waals surface area (Å²) in [6.45, 7) is 2.80. The van der Waals surface area contributed by atoms with Gasteiger partial charge in [0.05, 0.1) is 7.11 Å². The number of urea groups is 1. The highest BCUT2D eigenvalue weighted by Crippen LogP contribution is 2.24. The van der Waals surface area contributed by atoms with Crippen LogP contribution >= 0.6 is 0 Å². The summed E-state index contributed by atoms with van der Waals surface area (Å²) in [5.74, 6) is 0.968. The SMILES string of the molecule is COc1ccc(C(=O)NCCNC(N)=O)cc1.Fc1ccc(C2CCNCC2)cc1. The molecule has 5 N–H and O–H groups in total. The van der Waals surface area contributed by atoms with E-state index >= 15 is 0 Å². The summed E-state index contributed by atoms with van der Waals surface area (Å²) in [5.41, 5.74) is 6.69. The van der Waals surface area contributed by atoms with Crippen LogP contribution in [0.2, 0.25) is 0 Å². The maximum atomic E-state index is 12.6. The van der Waals surface area contributed by atoms with Crippen LogP contribution in [-0.4, -0.2) is 45.2 Å². The lowest BCUT2D eigenvalue weighted by atomic mass is 9.90. The summed E-state index contributed by atoms with van der Waals surface area (Å²) in [6.07, 6.45) is 2.34. The molecule has 8 heteroatoms. The van der Waals surface area contributed by atoms with Gasteiger partial charge in [-0.15, -0.1) is 0 Å². The fraction of sp³-hybridized carbons (Fsp3) is 0.364. The summed E-state index contributed by atoms with van der Waals surface area (Å²) in [5, 5.41) is 8.34. The van der Waals surface area contributed by atoms with E-state index in [-0.39, 0.29) is 11.7 Å². The number of nitrogens with one attached hydrogen (secondary N) is 3. The predicted molar refractivity (Wildman–Crippen MR) is 114 cm³/mol. The van der Waals surface area contributed by atoms with Crippen molar-refractivity contribution in [3.63, 3.8) is 0 Å². The van der Waals surface area contributed by atoms with Crippen LogP contribution < -0.4 is 26.4 Å². The highest BCUT2D eigenvalue weighted by atomic mass is 19.1. The van der Waals surface area contributed by atoms with E-state index in [1.165, 1.54) is 18.4 Å². The lowest BCUT2D eigenvalue weighted by molar-refractivity contribution is 0.0954. The van der Waals surface area contributed by atoms with Crippen molar-refractivity contribution in [2.24, 2.45) is 5.73 Å². The highest BCUT2D eigenvalue weighted by Gasteiger charge is 2.14. The van der Waals surface area contributed by atoms with Crippen LogP contribution in [0.25, 0.3) is 0 Å². The Balaban J connectivity index is 0.000000220. The molecule has 3 rings (SSSR count). The van der Waals surface area contributed by atoms with Gasteiger partial charge in [0.1, 0.15) is 11.6 Å². The number of amides is 3. The Hall–Kier alpha value is -3.13. The molecule has 7 nitrogen and oxygen atoms in total. The molecule has 0 unspecified atom stereocenters. The first-order chi connectivity index (χ1) is 14.5. The molecule has 0 aromatic heterocycles. The van der Waals surface area contributed by atoms with E-state index in [1.807, 2.05) is 12.1 Å². The number of primary amides is 1. The normalized spacial score (nSPS) is 13.5. The van der Waals surface area contributed by atoms with Crippen LogP contribution in [0, 0.1) is 5.82 Å². The third-order valence-corrected chi connectivity index (χ3v) is 4.74. The Morgan fingerprint density at radius 2 is 1.63 bits per heavy atom. The number of piperidine rings is 1. The Bertz CT molecular complexity index is 791. The van der Waals surface area contributed by atoms with Crippen LogP contribution in [0.3, 0.4) is 0 Å². The third kappa shape index (κ3) is 8.08. The number of halogens is 1. The van der Waals surface area contributed by atoms with Gasteiger partial charge in [-0.2, -0.15) is 0 Å². The molecule has 0 saturated carbocycles. The minimum atomic E-state index is -0.608. The topological polar surface area (TPSA) is 105 Å². The van der Waals surface area contributed by atoms with Gasteiger partial charge in [0.15, 0.2) is 0 Å². The number of rotatable bonds is 6. The fourth-order valence-corrected chi connectivity index (χ4v) is 3.10. The Labute approximate surface area is 176 Å². The number of ether oxygens (including phenoxy) is 1. The molecule has 1 saturated heterocycles. The van der Waals surface area contributed by atoms with Gasteiger partial charge >= 0.3 is 6.03 Å². The summed E-state index contributed by atoms with van der Waals surface area (Å²) in [7, 11) is 1.56. The van der Waals surface area contributed by atoms with E-state index in [9.17, 15) is 14.0 Å². The average Bonchev–Trinajstić information content (AvgIpc) is 2.78. The van der Waals surface area contributed by atoms with Crippen LogP contribution in [0.1, 0.15) is 34.7 Å². The van der Waals surface area contributed by atoms with Crippen LogP contribution in [0.5, 0.6) is 5.75 Å². The molecule has 2 aromatic rings. The molecular weight excluding hydrogens is 387 g/mol. The molecule has 0 aliphatic carbocycles. The Kier molecular flexibility index (Phi) is 9.60. The van der Waals surface area contributed by atoms with E-state index in [0.717, 1.165) is 13.1 Å². The van der Waals surface area contributed by atoms with Crippen molar-refractivity contribution >= 4 is 11.9 Å². The molecule has 0 radical (unpaired) electrons. The molecule has 3 amide bonds. The van der Waals surface area contributed by atoms with E-state index in [4.69, 9.17) is 10.5 Å². The second-order valence-corrected chi connectivity index (χ2v) is 6.85. The van der Waals surface area contributed by atoms with Crippen LogP contribution in [0.4, 0.5) is 9.18 Å². The van der Waals surface area contributed by atoms with Gasteiger partial charge in [-0.25, -0.2) is 9.18 Å². The molecule has 1 heterocycles. The van der Waals surface area contributed by atoms with Gasteiger partial charge in [-0.05, 0) is 73.8 Å². The molecular formula is C22H29FN4O3. The van der Waals surface area contributed by atoms with Crippen molar-refractivity contribution in [3.05, 3.63) is 65.5 Å². The zero-order valence-electron chi connectivity index (χ0n) is 17.1. The quantitative estimate of drug-likeness (QED) is 0.543. The van der Waals surface area contributed by atoms with E-state index in [0.29, 0.717) is 30.3 Å². The van der Waals surface area contributed by atoms with Gasteiger partial charge in [-0.3, -0.25) is 4.79 Å². The second-order valence-electron chi connectivity index (χ2n) is 6.85. The van der Waals surface area contributed by atoms with Crippen molar-refractivity contribution in [2.45, 2.75) is 18.8 Å². The molecule has 0 atom stereocenters. The van der Waals surface area contributed by atoms with E-state index in [1.54, 1.807) is 43.5 Å². The third-order valence-electron chi connectivity index (χ3n) is 4.74. The standard InChI is InChI=1S/C11H14FN.C11H15N3O3/c12-11-3-1-9(2-4-11)10-5-7-13-8-6-10;1-17-9-4-2-8(3-5-9)10(15)13-6-7-14-11(12)16/h1-4,10,13H,5-8H2;2-5H,6-7H2,1H3,(H,13,15)(H3,12,14,16). The smallest absolute Gasteiger partial charge is 0.312 e. The van der Waals surface area contributed by atoms with Crippen molar-refractivity contribution in [1.29, 1.82) is 0 Å². The minimum Gasteiger partial charge on any atom is -0.497 e. The summed E-state index contributed by atoms with van der Waals surface area (Å²) in [4.78, 5) is 22.0. The number of hydrogen-bond acceptors (Lipinski definition) is 4. The number of carbonyl (C=O) groups excluding carboxylic acids is 2. The first-order valence-corrected chi connectivity index (χ1v) is 9.91. The van der Waals surface area contributed by atoms with Crippen molar-refractivity contribution in [1.82, 2.24) is 16.0 Å². The maximum Gasteiger partial charge on any atom is 0.312 e. The first-order valence-electron chi connectivity index (χ1n) is 9.91. The van der Waals surface area contributed by atoms with Gasteiger partial charge in [0, 0.05) is 18.7 Å². The molecule has 0 bridgehead atoms. The van der Waals surface area contributed by atoms with Gasteiger partial charge in [-0.1, -0.05) is 12.1 Å². The zero-order chi connectivity index (χ0) is 21.8. The summed E-state index contributed by atoms with van der Waals surface area (Å²) < 4.78 is 17.6. The number of nitrogens with two attached hydrogens (primary N) is 1. The molecule has 0 spiro atoms. The van der Waals surface area contributed by atoms with Crippen LogP contribution in [-0.2, 0) is 0 Å². The maximum absolute atomic E-state index is 12.6. The number of benzene rings is 2. The van der Waals surface area contributed by atoms with Crippen molar-refractivity contribution < 1.29 is 18.7 Å². The summed E-state index contributed by atoms with van der Waals surface area (Å²) in [6, 6.07) is 13.0. The minimum absolute atomic E-state index is 0.141. The van der Waals surface area contributed by atoms with Gasteiger partial charge in [0.2, 0.25) is 0 Å². The largest absolute Gasteiger partial charge is 0.497 e. The molecule has 1 aliphatic heterocycles. The number of carbonyl (C=O) groups is 2. The average molecular weight is 416 g/mol. The zero-order valence-corrected chi connectivity index (χ0v) is 17.1. The Morgan fingerprint density at radius 3 is 2.20 bits per heavy atom. The van der Waals surface area contributed by atoms with E-state index in [2.05, 4.69) is 16.0 Å². The second kappa shape index (κ2) is 12.4. The fourth-order valence-electron chi connectivity index (χ4n) is 3.10. The lowest BCUT2D eigenvalue weighted by Crippen LogP contribution is -2.37. The molecule has 162 valence electrons. The monoisotopic (exact) mass is 416 g/mol. The molecule has 1 fully saturated rings. The number of methoxy groups -OCH3 is 1. The van der Waals surface area contributed by atoms with Gasteiger partial charge < -0.3 is 26.4 Å². The summed E-state index contributed by atoms with van der Waals surface area (Å²) >= 11 is 0. The first kappa shape index (κ1) is 23.2. The Morgan fingerprint density at radius 1 is 1.03 bits per heavy atom. The lowest BCUT2D eigenvalue weighted by Gasteiger charge is -2.22. The highest BCUT2D eigenvalue weighted by molar-refractivity contribution is 5.94. The predicted octanol–water partition coefficient (Wildman–Crippen LogP) is 2.39. The van der Waals surface area contributed by atoms with Crippen LogP contribution in [0.15, 0.2) is 48.5 Å². The van der Waals surface area contributed by atoms with E-state index < -0.39 is 6.03 Å². The van der Waals surface area contributed by atoms with Crippen molar-refractivity contribution in [3.8, 4) is 5.75 Å². The number of hydrogen-bond donors (Lipinski definition) is 4. The molecule has 2 aromatic carbocycles. The molecule has 30 heavy (non-hydrogen) atoms. The van der Waals surface area contributed by atoms with Gasteiger partial charge in [0.25, 0.3) is 5.91 Å². The van der Waals surface area contributed by atoms with Crippen molar-refractivity contribution in [2.75, 3.05) is 33.3 Å². The molecule has 1 aliphatic rings.